The first-order chi connectivity index (χ1) is 8.11. The highest BCUT2D eigenvalue weighted by molar-refractivity contribution is 5.83. The molecule has 5 heteroatoms. The summed E-state index contributed by atoms with van der Waals surface area (Å²) in [7, 11) is 0. The molecule has 0 spiro atoms. The van der Waals surface area contributed by atoms with Crippen LogP contribution in [-0.2, 0) is 9.59 Å². The quantitative estimate of drug-likeness (QED) is 0.504. The molecule has 0 aromatic rings. The van der Waals surface area contributed by atoms with E-state index in [2.05, 4.69) is 12.2 Å². The van der Waals surface area contributed by atoms with Crippen molar-refractivity contribution in [1.82, 2.24) is 5.32 Å². The Morgan fingerprint density at radius 3 is 2.47 bits per heavy atom. The fourth-order valence-electron chi connectivity index (χ4n) is 1.55. The van der Waals surface area contributed by atoms with Crippen molar-refractivity contribution in [1.29, 1.82) is 0 Å². The number of carboxylic acids is 1. The Balaban J connectivity index is 3.89. The van der Waals surface area contributed by atoms with Crippen LogP contribution in [0.5, 0.6) is 0 Å². The summed E-state index contributed by atoms with van der Waals surface area (Å²) in [6, 6.07) is -0.768. The lowest BCUT2D eigenvalue weighted by Crippen LogP contribution is -2.40. The van der Waals surface area contributed by atoms with Crippen molar-refractivity contribution in [3.63, 3.8) is 0 Å². The molecule has 0 aromatic heterocycles. The summed E-state index contributed by atoms with van der Waals surface area (Å²) in [4.78, 5) is 22.4. The first-order valence-electron chi connectivity index (χ1n) is 6.34. The minimum Gasteiger partial charge on any atom is -0.480 e. The van der Waals surface area contributed by atoms with E-state index in [9.17, 15) is 9.59 Å². The molecule has 0 saturated heterocycles. The van der Waals surface area contributed by atoms with E-state index in [-0.39, 0.29) is 5.91 Å². The molecule has 0 aliphatic carbocycles. The number of aliphatic carboxylic acids is 1. The first-order valence-corrected chi connectivity index (χ1v) is 6.34. The summed E-state index contributed by atoms with van der Waals surface area (Å²) in [5.74, 6) is -1.13. The second kappa shape index (κ2) is 10.1. The Morgan fingerprint density at radius 2 is 1.94 bits per heavy atom. The fraction of sp³-hybridized carbons (Fsp3) is 0.833. The summed E-state index contributed by atoms with van der Waals surface area (Å²) < 4.78 is 0. The number of unbranched alkanes of at least 4 members (excludes halogenated alkanes) is 3. The van der Waals surface area contributed by atoms with E-state index in [0.717, 1.165) is 32.1 Å². The van der Waals surface area contributed by atoms with Gasteiger partial charge in [0.1, 0.15) is 6.04 Å². The molecule has 1 amide bonds. The molecular weight excluding hydrogens is 220 g/mol. The number of rotatable bonds is 10. The summed E-state index contributed by atoms with van der Waals surface area (Å²) in [5, 5.41) is 11.5. The van der Waals surface area contributed by atoms with E-state index in [1.165, 1.54) is 0 Å². The van der Waals surface area contributed by atoms with Gasteiger partial charge in [-0.1, -0.05) is 19.8 Å². The Bertz CT molecular complexity index is 232. The van der Waals surface area contributed by atoms with Gasteiger partial charge in [0.05, 0.1) is 0 Å². The summed E-state index contributed by atoms with van der Waals surface area (Å²) in [6.07, 6.45) is 5.24. The number of nitrogens with one attached hydrogen (secondary N) is 1. The van der Waals surface area contributed by atoms with Crippen molar-refractivity contribution in [2.75, 3.05) is 6.54 Å². The van der Waals surface area contributed by atoms with Crippen LogP contribution in [0.25, 0.3) is 0 Å². The number of carboxylic acid groups (broad SMARTS) is 1. The van der Waals surface area contributed by atoms with E-state index in [0.29, 0.717) is 19.4 Å². The van der Waals surface area contributed by atoms with Crippen molar-refractivity contribution in [2.45, 2.75) is 57.9 Å². The van der Waals surface area contributed by atoms with Crippen LogP contribution in [0.1, 0.15) is 51.9 Å². The molecule has 17 heavy (non-hydrogen) atoms. The Morgan fingerprint density at radius 1 is 1.24 bits per heavy atom. The molecule has 1 atom stereocenters. The van der Waals surface area contributed by atoms with E-state index < -0.39 is 12.0 Å². The molecular formula is C12H24N2O3. The molecule has 5 nitrogen and oxygen atoms in total. The van der Waals surface area contributed by atoms with Crippen LogP contribution in [0.4, 0.5) is 0 Å². The SMILES string of the molecule is CCCCCC(=O)N[C@@H](CCCCN)C(=O)O. The monoisotopic (exact) mass is 244 g/mol. The maximum atomic E-state index is 11.5. The molecule has 0 aromatic carbocycles. The largest absolute Gasteiger partial charge is 0.480 e. The third kappa shape index (κ3) is 8.68. The Hall–Kier alpha value is -1.10. The maximum Gasteiger partial charge on any atom is 0.326 e. The van der Waals surface area contributed by atoms with Crippen LogP contribution in [0.3, 0.4) is 0 Å². The van der Waals surface area contributed by atoms with Crippen molar-refractivity contribution in [3.05, 3.63) is 0 Å². The first kappa shape index (κ1) is 15.9. The van der Waals surface area contributed by atoms with Gasteiger partial charge in [0.2, 0.25) is 5.91 Å². The van der Waals surface area contributed by atoms with Crippen molar-refractivity contribution >= 4 is 11.9 Å². The number of amides is 1. The average Bonchev–Trinajstić information content (AvgIpc) is 2.28. The zero-order valence-electron chi connectivity index (χ0n) is 10.6. The van der Waals surface area contributed by atoms with Gasteiger partial charge in [0.15, 0.2) is 0 Å². The predicted molar refractivity (Wildman–Crippen MR) is 66.6 cm³/mol. The number of carbonyl (C=O) groups is 2. The van der Waals surface area contributed by atoms with Gasteiger partial charge in [-0.3, -0.25) is 4.79 Å². The minimum atomic E-state index is -0.967. The van der Waals surface area contributed by atoms with Crippen molar-refractivity contribution < 1.29 is 14.7 Å². The molecule has 100 valence electrons. The molecule has 4 N–H and O–H groups in total. The molecule has 0 saturated carbocycles. The molecule has 0 aliphatic rings. The molecule has 0 rings (SSSR count). The van der Waals surface area contributed by atoms with E-state index in [4.69, 9.17) is 10.8 Å². The highest BCUT2D eigenvalue weighted by atomic mass is 16.4. The predicted octanol–water partition coefficient (Wildman–Crippen LogP) is 1.27. The van der Waals surface area contributed by atoms with Gasteiger partial charge in [-0.05, 0) is 32.2 Å². The zero-order chi connectivity index (χ0) is 13.1. The minimum absolute atomic E-state index is 0.168. The maximum absolute atomic E-state index is 11.5. The van der Waals surface area contributed by atoms with Crippen LogP contribution >= 0.6 is 0 Å². The van der Waals surface area contributed by atoms with Crippen molar-refractivity contribution in [3.8, 4) is 0 Å². The Kier molecular flexibility index (Phi) is 9.43. The summed E-state index contributed by atoms with van der Waals surface area (Å²) in [5.41, 5.74) is 5.34. The lowest BCUT2D eigenvalue weighted by Gasteiger charge is -2.14. The lowest BCUT2D eigenvalue weighted by molar-refractivity contribution is -0.142. The van der Waals surface area contributed by atoms with Crippen LogP contribution in [0.15, 0.2) is 0 Å². The van der Waals surface area contributed by atoms with Crippen molar-refractivity contribution in [2.24, 2.45) is 5.73 Å². The topological polar surface area (TPSA) is 92.4 Å². The second-order valence-corrected chi connectivity index (χ2v) is 4.20. The van der Waals surface area contributed by atoms with Gasteiger partial charge in [-0.25, -0.2) is 4.79 Å². The van der Waals surface area contributed by atoms with Crippen LogP contribution < -0.4 is 11.1 Å². The normalized spacial score (nSPS) is 12.1. The third-order valence-corrected chi connectivity index (χ3v) is 2.59. The molecule has 0 bridgehead atoms. The van der Waals surface area contributed by atoms with Crippen LogP contribution in [0, 0.1) is 0 Å². The number of hydrogen-bond acceptors (Lipinski definition) is 3. The van der Waals surface area contributed by atoms with E-state index in [1.54, 1.807) is 0 Å². The standard InChI is InChI=1S/C12H24N2O3/c1-2-3-4-8-11(15)14-10(12(16)17)7-5-6-9-13/h10H,2-9,13H2,1H3,(H,14,15)(H,16,17)/t10-/m0/s1. The highest BCUT2D eigenvalue weighted by Gasteiger charge is 2.18. The fourth-order valence-corrected chi connectivity index (χ4v) is 1.55. The lowest BCUT2D eigenvalue weighted by atomic mass is 10.1. The van der Waals surface area contributed by atoms with Gasteiger partial charge >= 0.3 is 5.97 Å². The average molecular weight is 244 g/mol. The Labute approximate surface area is 103 Å². The number of nitrogens with two attached hydrogens (primary N) is 1. The molecule has 0 unspecified atom stereocenters. The van der Waals surface area contributed by atoms with E-state index in [1.807, 2.05) is 0 Å². The number of carbonyl (C=O) groups excluding carboxylic acids is 1. The molecule has 0 fully saturated rings. The van der Waals surface area contributed by atoms with Gasteiger partial charge in [-0.15, -0.1) is 0 Å². The molecule has 0 radical (unpaired) electrons. The molecule has 0 heterocycles. The smallest absolute Gasteiger partial charge is 0.326 e. The van der Waals surface area contributed by atoms with Crippen LogP contribution in [-0.4, -0.2) is 29.6 Å². The summed E-state index contributed by atoms with van der Waals surface area (Å²) in [6.45, 7) is 2.61. The van der Waals surface area contributed by atoms with Gasteiger partial charge < -0.3 is 16.2 Å². The summed E-state index contributed by atoms with van der Waals surface area (Å²) >= 11 is 0. The van der Waals surface area contributed by atoms with Gasteiger partial charge in [-0.2, -0.15) is 0 Å². The molecule has 0 aliphatic heterocycles. The highest BCUT2D eigenvalue weighted by Crippen LogP contribution is 2.03. The van der Waals surface area contributed by atoms with Gasteiger partial charge in [0, 0.05) is 6.42 Å². The van der Waals surface area contributed by atoms with Gasteiger partial charge in [0.25, 0.3) is 0 Å². The zero-order valence-corrected chi connectivity index (χ0v) is 10.6. The van der Waals surface area contributed by atoms with Crippen LogP contribution in [0.2, 0.25) is 0 Å². The third-order valence-electron chi connectivity index (χ3n) is 2.59. The van der Waals surface area contributed by atoms with E-state index >= 15 is 0 Å². The second-order valence-electron chi connectivity index (χ2n) is 4.20. The number of hydrogen-bond donors (Lipinski definition) is 3.